The van der Waals surface area contributed by atoms with Gasteiger partial charge in [0.05, 0.1) is 16.7 Å². The highest BCUT2D eigenvalue weighted by Gasteiger charge is 2.17. The van der Waals surface area contributed by atoms with Crippen LogP contribution in [-0.4, -0.2) is 10.8 Å². The number of nitrogens with one attached hydrogen (secondary N) is 1. The number of benzene rings is 3. The van der Waals surface area contributed by atoms with Gasteiger partial charge in [0, 0.05) is 20.7 Å². The molecule has 4 rings (SSSR count). The van der Waals surface area contributed by atoms with Gasteiger partial charge in [-0.25, -0.2) is 0 Å². The molecule has 0 aliphatic carbocycles. The number of carbonyl (C=O) groups excluding carboxylic acids is 1. The Labute approximate surface area is 219 Å². The molecule has 8 nitrogen and oxygen atoms in total. The third kappa shape index (κ3) is 6.52. The van der Waals surface area contributed by atoms with E-state index in [1.54, 1.807) is 31.2 Å². The smallest absolute Gasteiger partial charge is 0.291 e. The van der Waals surface area contributed by atoms with Crippen molar-refractivity contribution in [1.82, 2.24) is 0 Å². The van der Waals surface area contributed by atoms with Gasteiger partial charge in [0.15, 0.2) is 5.76 Å². The lowest BCUT2D eigenvalue weighted by atomic mass is 10.2. The lowest BCUT2D eigenvalue weighted by Crippen LogP contribution is -2.11. The van der Waals surface area contributed by atoms with Crippen LogP contribution in [0.15, 0.2) is 77.2 Å². The van der Waals surface area contributed by atoms with Crippen LogP contribution in [0.25, 0.3) is 0 Å². The molecule has 1 amide bonds. The molecule has 1 heterocycles. The fourth-order valence-electron chi connectivity index (χ4n) is 3.13. The van der Waals surface area contributed by atoms with Crippen LogP contribution in [-0.2, 0) is 6.61 Å². The Morgan fingerprint density at radius 1 is 1.06 bits per heavy atom. The maximum Gasteiger partial charge on any atom is 0.291 e. The second kappa shape index (κ2) is 10.8. The van der Waals surface area contributed by atoms with Crippen LogP contribution in [0.4, 0.5) is 11.4 Å². The molecule has 0 aliphatic rings. The Hall–Kier alpha value is -3.57. The van der Waals surface area contributed by atoms with E-state index in [2.05, 4.69) is 27.9 Å². The number of nitro groups is 1. The molecule has 178 valence electrons. The van der Waals surface area contributed by atoms with Crippen molar-refractivity contribution in [1.29, 1.82) is 0 Å². The summed E-state index contributed by atoms with van der Waals surface area (Å²) in [6.45, 7) is 1.95. The number of rotatable bonds is 8. The van der Waals surface area contributed by atoms with Gasteiger partial charge >= 0.3 is 0 Å². The molecule has 4 aromatic rings. The Morgan fingerprint density at radius 2 is 1.83 bits per heavy atom. The lowest BCUT2D eigenvalue weighted by Gasteiger charge is -2.11. The van der Waals surface area contributed by atoms with Crippen molar-refractivity contribution in [2.24, 2.45) is 0 Å². The average Bonchev–Trinajstić information content (AvgIpc) is 3.30. The van der Waals surface area contributed by atoms with Crippen LogP contribution in [0.5, 0.6) is 17.2 Å². The van der Waals surface area contributed by atoms with E-state index >= 15 is 0 Å². The summed E-state index contributed by atoms with van der Waals surface area (Å²) in [6.07, 6.45) is 0. The number of ether oxygens (including phenoxy) is 2. The predicted octanol–water partition coefficient (Wildman–Crippen LogP) is 7.38. The van der Waals surface area contributed by atoms with Crippen molar-refractivity contribution in [3.05, 3.63) is 109 Å². The van der Waals surface area contributed by atoms with E-state index in [1.165, 1.54) is 24.3 Å². The zero-order valence-electron chi connectivity index (χ0n) is 18.3. The van der Waals surface area contributed by atoms with Gasteiger partial charge in [-0.15, -0.1) is 0 Å². The van der Waals surface area contributed by atoms with Gasteiger partial charge in [-0.1, -0.05) is 11.6 Å². The summed E-state index contributed by atoms with van der Waals surface area (Å²) in [4.78, 5) is 23.6. The molecule has 3 aromatic carbocycles. The third-order valence-corrected chi connectivity index (χ3v) is 5.76. The highest BCUT2D eigenvalue weighted by Crippen LogP contribution is 2.32. The van der Waals surface area contributed by atoms with Gasteiger partial charge in [0.1, 0.15) is 29.6 Å². The van der Waals surface area contributed by atoms with E-state index in [1.807, 2.05) is 24.3 Å². The third-order valence-electron chi connectivity index (χ3n) is 4.80. The standard InChI is InChI=1S/C25H18ClIN2O6/c1-15-10-16(26)2-8-23(15)35-22-12-18(11-19(13-22)29(31)32)28-25(30)24-9-7-21(34-24)14-33-20-5-3-17(27)4-6-20/h2-13H,14H2,1H3,(H,28,30). The lowest BCUT2D eigenvalue weighted by molar-refractivity contribution is -0.384. The number of anilines is 1. The summed E-state index contributed by atoms with van der Waals surface area (Å²) in [5.41, 5.74) is 0.694. The van der Waals surface area contributed by atoms with Crippen molar-refractivity contribution in [2.75, 3.05) is 5.32 Å². The van der Waals surface area contributed by atoms with Gasteiger partial charge in [-0.3, -0.25) is 14.9 Å². The minimum atomic E-state index is -0.570. The van der Waals surface area contributed by atoms with Gasteiger partial charge in [0.2, 0.25) is 0 Å². The van der Waals surface area contributed by atoms with Crippen LogP contribution < -0.4 is 14.8 Å². The Kier molecular flexibility index (Phi) is 7.57. The molecule has 1 aromatic heterocycles. The minimum absolute atomic E-state index is 0.0359. The van der Waals surface area contributed by atoms with Gasteiger partial charge in [-0.2, -0.15) is 0 Å². The van der Waals surface area contributed by atoms with Crippen molar-refractivity contribution in [3.8, 4) is 17.2 Å². The molecule has 0 spiro atoms. The van der Waals surface area contributed by atoms with E-state index in [0.717, 1.165) is 9.13 Å². The van der Waals surface area contributed by atoms with E-state index in [-0.39, 0.29) is 29.5 Å². The number of aryl methyl sites for hydroxylation is 1. The summed E-state index contributed by atoms with van der Waals surface area (Å²) >= 11 is 8.18. The van der Waals surface area contributed by atoms with Crippen molar-refractivity contribution < 1.29 is 23.6 Å². The van der Waals surface area contributed by atoms with Crippen LogP contribution in [0.2, 0.25) is 5.02 Å². The molecule has 10 heteroatoms. The SMILES string of the molecule is Cc1cc(Cl)ccc1Oc1cc(NC(=O)c2ccc(COc3ccc(I)cc3)o2)cc([N+](=O)[O-])c1. The largest absolute Gasteiger partial charge is 0.486 e. The molecule has 0 atom stereocenters. The summed E-state index contributed by atoms with van der Waals surface area (Å²) in [5, 5.41) is 14.6. The molecule has 0 saturated heterocycles. The molecule has 0 fully saturated rings. The molecule has 0 unspecified atom stereocenters. The number of non-ortho nitro benzene ring substituents is 1. The Balaban J connectivity index is 1.47. The van der Waals surface area contributed by atoms with Crippen molar-refractivity contribution >= 4 is 51.5 Å². The van der Waals surface area contributed by atoms with Crippen LogP contribution in [0, 0.1) is 20.6 Å². The molecule has 0 saturated carbocycles. The number of halogens is 2. The number of nitro benzene ring substituents is 1. The van der Waals surface area contributed by atoms with Crippen LogP contribution >= 0.6 is 34.2 Å². The van der Waals surface area contributed by atoms with Crippen molar-refractivity contribution in [3.63, 3.8) is 0 Å². The first kappa shape index (κ1) is 24.6. The first-order valence-electron chi connectivity index (χ1n) is 10.3. The minimum Gasteiger partial charge on any atom is -0.486 e. The zero-order valence-corrected chi connectivity index (χ0v) is 21.2. The summed E-state index contributed by atoms with van der Waals surface area (Å²) in [6, 6.07) is 19.7. The average molecular weight is 605 g/mol. The second-order valence-electron chi connectivity index (χ2n) is 7.45. The van der Waals surface area contributed by atoms with Crippen LogP contribution in [0.3, 0.4) is 0 Å². The molecule has 1 N–H and O–H groups in total. The first-order chi connectivity index (χ1) is 16.8. The molecule has 0 radical (unpaired) electrons. The number of hydrogen-bond acceptors (Lipinski definition) is 6. The molecule has 0 aliphatic heterocycles. The maximum atomic E-state index is 12.7. The van der Waals surface area contributed by atoms with Gasteiger partial charge < -0.3 is 19.2 Å². The summed E-state index contributed by atoms with van der Waals surface area (Å²) in [7, 11) is 0. The second-order valence-corrected chi connectivity index (χ2v) is 9.13. The normalized spacial score (nSPS) is 10.6. The number of hydrogen-bond donors (Lipinski definition) is 1. The molecule has 0 bridgehead atoms. The Morgan fingerprint density at radius 3 is 2.54 bits per heavy atom. The highest BCUT2D eigenvalue weighted by atomic mass is 127. The van der Waals surface area contributed by atoms with Gasteiger partial charge in [-0.05, 0) is 89.7 Å². The van der Waals surface area contributed by atoms with Crippen LogP contribution in [0.1, 0.15) is 21.9 Å². The van der Waals surface area contributed by atoms with E-state index in [9.17, 15) is 14.9 Å². The molecular formula is C25H18ClIN2O6. The van der Waals surface area contributed by atoms with E-state index < -0.39 is 10.8 Å². The number of carbonyl (C=O) groups is 1. The molecule has 35 heavy (non-hydrogen) atoms. The molecular weight excluding hydrogens is 587 g/mol. The number of amides is 1. The quantitative estimate of drug-likeness (QED) is 0.128. The number of furan rings is 1. The number of nitrogens with zero attached hydrogens (tertiary/aromatic N) is 1. The maximum absolute atomic E-state index is 12.7. The van der Waals surface area contributed by atoms with E-state index in [0.29, 0.717) is 22.3 Å². The first-order valence-corrected chi connectivity index (χ1v) is 11.7. The Bertz CT molecular complexity index is 1390. The monoisotopic (exact) mass is 604 g/mol. The fourth-order valence-corrected chi connectivity index (χ4v) is 3.72. The van der Waals surface area contributed by atoms with Crippen molar-refractivity contribution in [2.45, 2.75) is 13.5 Å². The fraction of sp³-hybridized carbons (Fsp3) is 0.0800. The zero-order chi connectivity index (χ0) is 24.9. The van der Waals surface area contributed by atoms with E-state index in [4.69, 9.17) is 25.5 Å². The topological polar surface area (TPSA) is 104 Å². The summed E-state index contributed by atoms with van der Waals surface area (Å²) in [5.74, 6) is 1.26. The highest BCUT2D eigenvalue weighted by molar-refractivity contribution is 14.1. The van der Waals surface area contributed by atoms with Gasteiger partial charge in [0.25, 0.3) is 11.6 Å². The summed E-state index contributed by atoms with van der Waals surface area (Å²) < 4.78 is 18.1. The predicted molar refractivity (Wildman–Crippen MR) is 140 cm³/mol.